The van der Waals surface area contributed by atoms with E-state index in [2.05, 4.69) is 49.7 Å². The van der Waals surface area contributed by atoms with Crippen molar-refractivity contribution in [3.8, 4) is 0 Å². The maximum Gasteiger partial charge on any atom is 0.242 e. The second kappa shape index (κ2) is 11.9. The fourth-order valence-electron chi connectivity index (χ4n) is 5.02. The molecule has 1 aromatic carbocycles. The van der Waals surface area contributed by atoms with Crippen molar-refractivity contribution >= 4 is 41.5 Å². The van der Waals surface area contributed by atoms with Crippen molar-refractivity contribution < 1.29 is 4.79 Å². The van der Waals surface area contributed by atoms with Crippen molar-refractivity contribution in [1.29, 1.82) is 0 Å². The lowest BCUT2D eigenvalue weighted by molar-refractivity contribution is -0.130. The second-order valence-electron chi connectivity index (χ2n) is 8.69. The Morgan fingerprint density at radius 1 is 1.03 bits per heavy atom. The van der Waals surface area contributed by atoms with E-state index in [9.17, 15) is 4.79 Å². The zero-order valence-electron chi connectivity index (χ0n) is 18.6. The Hall–Kier alpha value is -1.55. The van der Waals surface area contributed by atoms with Gasteiger partial charge in [0.05, 0.1) is 6.54 Å². The smallest absolute Gasteiger partial charge is 0.242 e. The molecular formula is C23H37IN6O. The van der Waals surface area contributed by atoms with Crippen molar-refractivity contribution in [2.24, 2.45) is 4.99 Å². The zero-order chi connectivity index (χ0) is 20.8. The Labute approximate surface area is 203 Å². The van der Waals surface area contributed by atoms with Gasteiger partial charge in [-0.25, -0.2) is 0 Å². The van der Waals surface area contributed by atoms with E-state index < -0.39 is 0 Å². The standard InChI is InChI=1S/C23H36N6O.HI/c1-24-23(26-19-11-12-29(18-19)21-9-5-6-10-21)25-17-22(30)28-15-13-27(14-16-28)20-7-3-2-4-8-20;/h2-4,7-8,19,21H,5-6,9-18H2,1H3,(H2,24,25,26);1H. The second-order valence-corrected chi connectivity index (χ2v) is 8.69. The molecule has 172 valence electrons. The first-order valence-electron chi connectivity index (χ1n) is 11.5. The molecule has 1 amide bonds. The van der Waals surface area contributed by atoms with Crippen LogP contribution in [0.15, 0.2) is 35.3 Å². The lowest BCUT2D eigenvalue weighted by Gasteiger charge is -2.36. The summed E-state index contributed by atoms with van der Waals surface area (Å²) >= 11 is 0. The van der Waals surface area contributed by atoms with Crippen molar-refractivity contribution in [3.63, 3.8) is 0 Å². The molecule has 1 atom stereocenters. The van der Waals surface area contributed by atoms with Gasteiger partial charge in [-0.05, 0) is 31.4 Å². The van der Waals surface area contributed by atoms with Crippen LogP contribution in [0.4, 0.5) is 5.69 Å². The predicted molar refractivity (Wildman–Crippen MR) is 137 cm³/mol. The number of nitrogens with zero attached hydrogens (tertiary/aromatic N) is 4. The van der Waals surface area contributed by atoms with E-state index in [0.29, 0.717) is 12.6 Å². The lowest BCUT2D eigenvalue weighted by Crippen LogP contribution is -2.53. The molecule has 0 bridgehead atoms. The molecule has 1 aliphatic carbocycles. The molecule has 31 heavy (non-hydrogen) atoms. The van der Waals surface area contributed by atoms with Gasteiger partial charge in [0.2, 0.25) is 5.91 Å². The monoisotopic (exact) mass is 540 g/mol. The fourth-order valence-corrected chi connectivity index (χ4v) is 5.02. The van der Waals surface area contributed by atoms with Gasteiger partial charge < -0.3 is 20.4 Å². The molecule has 2 saturated heterocycles. The average molecular weight is 540 g/mol. The Balaban J connectivity index is 0.00000272. The summed E-state index contributed by atoms with van der Waals surface area (Å²) in [7, 11) is 1.78. The highest BCUT2D eigenvalue weighted by Crippen LogP contribution is 2.26. The van der Waals surface area contributed by atoms with Gasteiger partial charge in [-0.15, -0.1) is 24.0 Å². The Morgan fingerprint density at radius 3 is 2.42 bits per heavy atom. The van der Waals surface area contributed by atoms with Gasteiger partial charge in [0.15, 0.2) is 5.96 Å². The number of guanidine groups is 1. The molecule has 1 unspecified atom stereocenters. The number of aliphatic imine (C=N–C) groups is 1. The molecule has 3 aliphatic rings. The summed E-state index contributed by atoms with van der Waals surface area (Å²) in [4.78, 5) is 23.9. The molecule has 4 rings (SSSR count). The molecule has 1 aromatic rings. The van der Waals surface area contributed by atoms with Gasteiger partial charge >= 0.3 is 0 Å². The van der Waals surface area contributed by atoms with Gasteiger partial charge in [-0.3, -0.25) is 14.7 Å². The summed E-state index contributed by atoms with van der Waals surface area (Å²) in [5.41, 5.74) is 1.23. The summed E-state index contributed by atoms with van der Waals surface area (Å²) in [6, 6.07) is 11.6. The molecule has 0 radical (unpaired) electrons. The SMILES string of the molecule is CN=C(NCC(=O)N1CCN(c2ccccc2)CC1)NC1CCN(C2CCCC2)C1.I. The third kappa shape index (κ3) is 6.47. The summed E-state index contributed by atoms with van der Waals surface area (Å²) < 4.78 is 0. The number of amides is 1. The van der Waals surface area contributed by atoms with Crippen LogP contribution in [0.1, 0.15) is 32.1 Å². The summed E-state index contributed by atoms with van der Waals surface area (Å²) in [6.07, 6.45) is 6.61. The summed E-state index contributed by atoms with van der Waals surface area (Å²) in [6.45, 7) is 5.83. The average Bonchev–Trinajstić information content (AvgIpc) is 3.49. The fraction of sp³-hybridized carbons (Fsp3) is 0.652. The van der Waals surface area contributed by atoms with E-state index in [-0.39, 0.29) is 29.9 Å². The Bertz CT molecular complexity index is 716. The molecule has 2 aliphatic heterocycles. The van der Waals surface area contributed by atoms with Crippen LogP contribution >= 0.6 is 24.0 Å². The number of carbonyl (C=O) groups is 1. The number of nitrogens with one attached hydrogen (secondary N) is 2. The number of carbonyl (C=O) groups excluding carboxylic acids is 1. The number of likely N-dealkylation sites (tertiary alicyclic amines) is 1. The molecule has 2 N–H and O–H groups in total. The van der Waals surface area contributed by atoms with Crippen molar-refractivity contribution in [1.82, 2.24) is 20.4 Å². The van der Waals surface area contributed by atoms with Gasteiger partial charge in [0.1, 0.15) is 0 Å². The minimum Gasteiger partial charge on any atom is -0.368 e. The van der Waals surface area contributed by atoms with Crippen molar-refractivity contribution in [3.05, 3.63) is 30.3 Å². The highest BCUT2D eigenvalue weighted by molar-refractivity contribution is 14.0. The minimum absolute atomic E-state index is 0. The van der Waals surface area contributed by atoms with E-state index in [4.69, 9.17) is 0 Å². The lowest BCUT2D eigenvalue weighted by atomic mass is 10.2. The summed E-state index contributed by atoms with van der Waals surface area (Å²) in [5.74, 6) is 0.884. The largest absolute Gasteiger partial charge is 0.368 e. The van der Waals surface area contributed by atoms with Crippen LogP contribution in [0.25, 0.3) is 0 Å². The number of halogens is 1. The minimum atomic E-state index is 0. The first-order chi connectivity index (χ1) is 14.7. The number of benzene rings is 1. The maximum absolute atomic E-state index is 12.7. The Morgan fingerprint density at radius 2 is 1.74 bits per heavy atom. The van der Waals surface area contributed by atoms with Gasteiger partial charge in [-0.2, -0.15) is 0 Å². The van der Waals surface area contributed by atoms with Gasteiger partial charge in [-0.1, -0.05) is 31.0 Å². The van der Waals surface area contributed by atoms with E-state index in [0.717, 1.165) is 51.1 Å². The van der Waals surface area contributed by atoms with E-state index in [1.807, 2.05) is 11.0 Å². The van der Waals surface area contributed by atoms with E-state index in [1.165, 1.54) is 37.9 Å². The quantitative estimate of drug-likeness (QED) is 0.341. The number of rotatable bonds is 5. The van der Waals surface area contributed by atoms with Crippen LogP contribution in [0.5, 0.6) is 0 Å². The molecule has 3 fully saturated rings. The number of hydrogen-bond acceptors (Lipinski definition) is 4. The van der Waals surface area contributed by atoms with Crippen LogP contribution in [-0.4, -0.2) is 86.6 Å². The molecule has 2 heterocycles. The third-order valence-electron chi connectivity index (χ3n) is 6.79. The predicted octanol–water partition coefficient (Wildman–Crippen LogP) is 2.14. The Kier molecular flexibility index (Phi) is 9.25. The van der Waals surface area contributed by atoms with Crippen molar-refractivity contribution in [2.45, 2.75) is 44.2 Å². The molecule has 0 aromatic heterocycles. The number of para-hydroxylation sites is 1. The number of anilines is 1. The van der Waals surface area contributed by atoms with Crippen LogP contribution in [0.2, 0.25) is 0 Å². The highest BCUT2D eigenvalue weighted by Gasteiger charge is 2.30. The highest BCUT2D eigenvalue weighted by atomic mass is 127. The van der Waals surface area contributed by atoms with Crippen LogP contribution in [0.3, 0.4) is 0 Å². The van der Waals surface area contributed by atoms with E-state index in [1.54, 1.807) is 7.05 Å². The van der Waals surface area contributed by atoms with Crippen molar-refractivity contribution in [2.75, 3.05) is 57.8 Å². The summed E-state index contributed by atoms with van der Waals surface area (Å²) in [5, 5.41) is 6.76. The topological polar surface area (TPSA) is 63.2 Å². The van der Waals surface area contributed by atoms with Gasteiger partial charge in [0.25, 0.3) is 0 Å². The zero-order valence-corrected chi connectivity index (χ0v) is 21.0. The van der Waals surface area contributed by atoms with Crippen LogP contribution < -0.4 is 15.5 Å². The van der Waals surface area contributed by atoms with Crippen LogP contribution in [-0.2, 0) is 4.79 Å². The first kappa shape index (κ1) is 24.1. The first-order valence-corrected chi connectivity index (χ1v) is 11.5. The molecule has 7 nitrogen and oxygen atoms in total. The maximum atomic E-state index is 12.7. The molecule has 0 spiro atoms. The van der Waals surface area contributed by atoms with E-state index >= 15 is 0 Å². The van der Waals surface area contributed by atoms with Gasteiger partial charge in [0, 0.05) is 64.1 Å². The molecule has 8 heteroatoms. The number of hydrogen-bond donors (Lipinski definition) is 2. The van der Waals surface area contributed by atoms with Crippen LogP contribution in [0, 0.1) is 0 Å². The third-order valence-corrected chi connectivity index (χ3v) is 6.79. The molecule has 1 saturated carbocycles. The normalized spacial score (nSPS) is 23.0. The molecular weight excluding hydrogens is 503 g/mol. The number of piperazine rings is 1.